The van der Waals surface area contributed by atoms with Crippen molar-refractivity contribution in [3.63, 3.8) is 0 Å². The Morgan fingerprint density at radius 2 is 1.62 bits per heavy atom. The molecule has 2 aromatic rings. The summed E-state index contributed by atoms with van der Waals surface area (Å²) in [5.74, 6) is -0.297. The predicted octanol–water partition coefficient (Wildman–Crippen LogP) is 3.85. The van der Waals surface area contributed by atoms with E-state index in [1.54, 1.807) is 6.21 Å². The lowest BCUT2D eigenvalue weighted by molar-refractivity contribution is -0.140. The van der Waals surface area contributed by atoms with Crippen LogP contribution in [-0.4, -0.2) is 27.6 Å². The average molecular weight is 387 g/mol. The molecule has 4 atom stereocenters. The van der Waals surface area contributed by atoms with Crippen LogP contribution in [0.5, 0.6) is 0 Å². The molecule has 1 aromatic heterocycles. The molecule has 5 nitrogen and oxygen atoms in total. The number of amides is 2. The summed E-state index contributed by atoms with van der Waals surface area (Å²) in [6.07, 6.45) is 6.79. The first kappa shape index (κ1) is 18.1. The molecule has 5 rings (SSSR count). The highest BCUT2D eigenvalue weighted by atomic mass is 16.2. The number of imide groups is 1. The normalized spacial score (nSPS) is 27.7. The predicted molar refractivity (Wildman–Crippen MR) is 112 cm³/mol. The molecule has 0 radical (unpaired) electrons. The third-order valence-electron chi connectivity index (χ3n) is 6.84. The molecular formula is C24H25N3O2. The number of carbonyl (C=O) groups excluding carboxylic acids is 2. The molecule has 3 aliphatic rings. The van der Waals surface area contributed by atoms with E-state index in [1.165, 1.54) is 11.1 Å². The molecule has 0 spiro atoms. The van der Waals surface area contributed by atoms with Gasteiger partial charge in [0.15, 0.2) is 0 Å². The highest BCUT2D eigenvalue weighted by molar-refractivity contribution is 6.06. The van der Waals surface area contributed by atoms with Crippen LogP contribution < -0.4 is 0 Å². The maximum absolute atomic E-state index is 12.8. The number of hydrazone groups is 1. The Balaban J connectivity index is 1.46. The van der Waals surface area contributed by atoms with Crippen LogP contribution >= 0.6 is 0 Å². The molecule has 2 amide bonds. The molecule has 1 saturated carbocycles. The molecule has 2 fully saturated rings. The SMILES string of the molecule is Cc1ccc(C)c(-n2c(C)cc(C=NN3C(=O)[C@@H]4[C@H](C3=O)[C@H]3C=C[C@H]4C3)c2C)c1. The van der Waals surface area contributed by atoms with E-state index in [4.69, 9.17) is 0 Å². The molecule has 2 bridgehead atoms. The third kappa shape index (κ3) is 2.56. The van der Waals surface area contributed by atoms with Crippen LogP contribution in [0, 0.1) is 51.4 Å². The van der Waals surface area contributed by atoms with Gasteiger partial charge in [0, 0.05) is 22.6 Å². The number of hydrogen-bond donors (Lipinski definition) is 0. The van der Waals surface area contributed by atoms with Gasteiger partial charge in [0.05, 0.1) is 18.1 Å². The van der Waals surface area contributed by atoms with Crippen molar-refractivity contribution in [3.05, 3.63) is 64.5 Å². The summed E-state index contributed by atoms with van der Waals surface area (Å²) in [5, 5.41) is 5.47. The number of benzene rings is 1. The minimum absolute atomic E-state index is 0.142. The van der Waals surface area contributed by atoms with Gasteiger partial charge >= 0.3 is 0 Å². The summed E-state index contributed by atoms with van der Waals surface area (Å²) in [6, 6.07) is 8.46. The Labute approximate surface area is 170 Å². The van der Waals surface area contributed by atoms with E-state index in [0.717, 1.165) is 34.1 Å². The Hall–Kier alpha value is -2.95. The molecule has 148 valence electrons. The molecule has 0 unspecified atom stereocenters. The van der Waals surface area contributed by atoms with E-state index in [9.17, 15) is 9.59 Å². The van der Waals surface area contributed by atoms with Gasteiger partial charge in [0.25, 0.3) is 11.8 Å². The second-order valence-corrected chi connectivity index (χ2v) is 8.68. The Bertz CT molecular complexity index is 1080. The van der Waals surface area contributed by atoms with Gasteiger partial charge in [0.1, 0.15) is 0 Å². The molecule has 5 heteroatoms. The summed E-state index contributed by atoms with van der Waals surface area (Å²) < 4.78 is 2.20. The zero-order valence-electron chi connectivity index (χ0n) is 17.2. The van der Waals surface area contributed by atoms with Crippen molar-refractivity contribution in [3.8, 4) is 5.69 Å². The highest BCUT2D eigenvalue weighted by Crippen LogP contribution is 2.52. The number of aryl methyl sites for hydroxylation is 3. The molecule has 1 aliphatic heterocycles. The summed E-state index contributed by atoms with van der Waals surface area (Å²) in [4.78, 5) is 25.6. The fourth-order valence-corrected chi connectivity index (χ4v) is 5.37. The zero-order valence-corrected chi connectivity index (χ0v) is 17.2. The van der Waals surface area contributed by atoms with E-state index in [1.807, 2.05) is 6.92 Å². The van der Waals surface area contributed by atoms with Crippen LogP contribution in [0.4, 0.5) is 0 Å². The average Bonchev–Trinajstić information content (AvgIpc) is 3.41. The number of fused-ring (bicyclic) bond motifs is 5. The van der Waals surface area contributed by atoms with Gasteiger partial charge in [-0.2, -0.15) is 10.1 Å². The van der Waals surface area contributed by atoms with Crippen molar-refractivity contribution in [2.45, 2.75) is 34.1 Å². The topological polar surface area (TPSA) is 54.7 Å². The summed E-state index contributed by atoms with van der Waals surface area (Å²) in [7, 11) is 0. The van der Waals surface area contributed by atoms with Gasteiger partial charge in [-0.25, -0.2) is 0 Å². The van der Waals surface area contributed by atoms with Crippen LogP contribution in [0.2, 0.25) is 0 Å². The fraction of sp³-hybridized carbons (Fsp3) is 0.375. The van der Waals surface area contributed by atoms with Gasteiger partial charge in [-0.05, 0) is 69.2 Å². The third-order valence-corrected chi connectivity index (χ3v) is 6.84. The summed E-state index contributed by atoms with van der Waals surface area (Å²) >= 11 is 0. The van der Waals surface area contributed by atoms with Crippen molar-refractivity contribution in [2.75, 3.05) is 0 Å². The van der Waals surface area contributed by atoms with E-state index in [0.29, 0.717) is 0 Å². The Morgan fingerprint density at radius 1 is 0.966 bits per heavy atom. The van der Waals surface area contributed by atoms with Crippen molar-refractivity contribution in [1.82, 2.24) is 9.58 Å². The van der Waals surface area contributed by atoms with E-state index < -0.39 is 0 Å². The number of aromatic nitrogens is 1. The van der Waals surface area contributed by atoms with Crippen molar-refractivity contribution in [2.24, 2.45) is 28.8 Å². The number of hydrogen-bond acceptors (Lipinski definition) is 3. The number of carbonyl (C=O) groups is 2. The Kier molecular flexibility index (Phi) is 3.92. The first-order chi connectivity index (χ1) is 13.9. The first-order valence-electron chi connectivity index (χ1n) is 10.2. The van der Waals surface area contributed by atoms with Gasteiger partial charge in [0.2, 0.25) is 0 Å². The van der Waals surface area contributed by atoms with Crippen LogP contribution in [0.1, 0.15) is 34.5 Å². The van der Waals surface area contributed by atoms with Gasteiger partial charge in [-0.3, -0.25) is 9.59 Å². The van der Waals surface area contributed by atoms with E-state index in [2.05, 4.69) is 66.9 Å². The quantitative estimate of drug-likeness (QED) is 0.456. The van der Waals surface area contributed by atoms with E-state index >= 15 is 0 Å². The molecular weight excluding hydrogens is 362 g/mol. The van der Waals surface area contributed by atoms with Crippen LogP contribution in [0.25, 0.3) is 5.69 Å². The van der Waals surface area contributed by atoms with Gasteiger partial charge < -0.3 is 4.57 Å². The number of rotatable bonds is 3. The largest absolute Gasteiger partial charge is 0.318 e. The minimum atomic E-state index is -0.211. The lowest BCUT2D eigenvalue weighted by Crippen LogP contribution is -2.28. The van der Waals surface area contributed by atoms with Crippen LogP contribution in [-0.2, 0) is 9.59 Å². The zero-order chi connectivity index (χ0) is 20.4. The van der Waals surface area contributed by atoms with Crippen molar-refractivity contribution in [1.29, 1.82) is 0 Å². The van der Waals surface area contributed by atoms with Crippen LogP contribution in [0.15, 0.2) is 41.5 Å². The second kappa shape index (κ2) is 6.28. The summed E-state index contributed by atoms with van der Waals surface area (Å²) in [5.41, 5.74) is 6.60. The lowest BCUT2D eigenvalue weighted by atomic mass is 9.85. The lowest BCUT2D eigenvalue weighted by Gasteiger charge is -2.14. The molecule has 1 saturated heterocycles. The van der Waals surface area contributed by atoms with Gasteiger partial charge in [-0.15, -0.1) is 0 Å². The maximum Gasteiger partial charge on any atom is 0.254 e. The molecule has 0 N–H and O–H groups in total. The van der Waals surface area contributed by atoms with Gasteiger partial charge in [-0.1, -0.05) is 24.3 Å². The van der Waals surface area contributed by atoms with Crippen molar-refractivity contribution < 1.29 is 9.59 Å². The summed E-state index contributed by atoms with van der Waals surface area (Å²) in [6.45, 7) is 8.29. The second-order valence-electron chi connectivity index (χ2n) is 8.68. The minimum Gasteiger partial charge on any atom is -0.318 e. The maximum atomic E-state index is 12.8. The van der Waals surface area contributed by atoms with Crippen LogP contribution in [0.3, 0.4) is 0 Å². The number of allylic oxidation sites excluding steroid dienone is 2. The first-order valence-corrected chi connectivity index (χ1v) is 10.2. The molecule has 2 heterocycles. The monoisotopic (exact) mass is 387 g/mol. The molecule has 1 aromatic carbocycles. The molecule has 2 aliphatic carbocycles. The van der Waals surface area contributed by atoms with Crippen molar-refractivity contribution >= 4 is 18.0 Å². The fourth-order valence-electron chi connectivity index (χ4n) is 5.37. The van der Waals surface area contributed by atoms with E-state index in [-0.39, 0.29) is 35.5 Å². The Morgan fingerprint density at radius 3 is 2.28 bits per heavy atom. The molecule has 29 heavy (non-hydrogen) atoms. The standard InChI is InChI=1S/C24H25N3O2/c1-13-5-6-14(2)20(9-13)26-15(3)10-19(16(26)4)12-25-27-23(28)21-17-7-8-18(11-17)22(21)24(27)29/h5-10,12,17-18,21-22H,11H2,1-4H3/t17-,18-,21-,22+/m0/s1. The smallest absolute Gasteiger partial charge is 0.254 e. The highest BCUT2D eigenvalue weighted by Gasteiger charge is 2.59. The number of nitrogens with zero attached hydrogens (tertiary/aromatic N) is 3.